The lowest BCUT2D eigenvalue weighted by molar-refractivity contribution is 0.208. The summed E-state index contributed by atoms with van der Waals surface area (Å²) in [6.07, 6.45) is 2.06. The second-order valence-electron chi connectivity index (χ2n) is 5.15. The Hall–Kier alpha value is -1.65. The van der Waals surface area contributed by atoms with Crippen molar-refractivity contribution in [2.45, 2.75) is 31.3 Å². The maximum atomic E-state index is 14.0. The van der Waals surface area contributed by atoms with E-state index in [1.165, 1.54) is 6.07 Å². The van der Waals surface area contributed by atoms with Gasteiger partial charge in [0, 0.05) is 11.6 Å². The third kappa shape index (κ3) is 1.50. The molecule has 5 heteroatoms. The first-order valence-electron chi connectivity index (χ1n) is 6.08. The quantitative estimate of drug-likeness (QED) is 0.873. The predicted molar refractivity (Wildman–Crippen MR) is 65.1 cm³/mol. The molecule has 0 amide bonds. The zero-order valence-corrected chi connectivity index (χ0v) is 10.2. The molecule has 0 spiro atoms. The van der Waals surface area contributed by atoms with Gasteiger partial charge in [0.25, 0.3) is 0 Å². The van der Waals surface area contributed by atoms with E-state index in [4.69, 9.17) is 5.73 Å². The van der Waals surface area contributed by atoms with Crippen molar-refractivity contribution < 1.29 is 8.78 Å². The van der Waals surface area contributed by atoms with Crippen LogP contribution in [-0.2, 0) is 5.54 Å². The Bertz CT molecular complexity index is 525. The van der Waals surface area contributed by atoms with Crippen molar-refractivity contribution >= 4 is 5.96 Å². The molecule has 1 saturated carbocycles. The maximum Gasteiger partial charge on any atom is 0.192 e. The number of halogens is 2. The average Bonchev–Trinajstić information content (AvgIpc) is 3.10. The van der Waals surface area contributed by atoms with E-state index in [2.05, 4.69) is 4.99 Å². The largest absolute Gasteiger partial charge is 0.370 e. The Morgan fingerprint density at radius 3 is 2.78 bits per heavy atom. The fourth-order valence-electron chi connectivity index (χ4n) is 2.70. The first kappa shape index (κ1) is 11.4. The van der Waals surface area contributed by atoms with Gasteiger partial charge in [-0.05, 0) is 25.8 Å². The molecule has 0 aromatic heterocycles. The zero-order chi connectivity index (χ0) is 12.9. The standard InChI is InChI=1S/C13H15F2N3/c1-13(9-3-2-4-10(14)11(9)15)7-17-12(16)18(13)8-5-6-8/h2-4,8H,5-7H2,1H3,(H2,16,17). The number of guanidine groups is 1. The molecule has 18 heavy (non-hydrogen) atoms. The number of hydrogen-bond acceptors (Lipinski definition) is 3. The van der Waals surface area contributed by atoms with Crippen LogP contribution >= 0.6 is 0 Å². The molecule has 3 nitrogen and oxygen atoms in total. The van der Waals surface area contributed by atoms with E-state index in [9.17, 15) is 8.78 Å². The Kier molecular flexibility index (Phi) is 2.33. The van der Waals surface area contributed by atoms with Crippen LogP contribution in [0.25, 0.3) is 0 Å². The second kappa shape index (κ2) is 3.67. The van der Waals surface area contributed by atoms with Gasteiger partial charge in [-0.3, -0.25) is 4.99 Å². The predicted octanol–water partition coefficient (Wildman–Crippen LogP) is 1.97. The number of rotatable bonds is 2. The minimum atomic E-state index is -0.824. The van der Waals surface area contributed by atoms with Crippen LogP contribution in [-0.4, -0.2) is 23.4 Å². The highest BCUT2D eigenvalue weighted by molar-refractivity contribution is 5.82. The summed E-state index contributed by atoms with van der Waals surface area (Å²) >= 11 is 0. The van der Waals surface area contributed by atoms with Crippen LogP contribution in [0.5, 0.6) is 0 Å². The second-order valence-corrected chi connectivity index (χ2v) is 5.15. The lowest BCUT2D eigenvalue weighted by atomic mass is 9.90. The SMILES string of the molecule is CC1(c2cccc(F)c2F)CN=C(N)N1C1CC1. The monoisotopic (exact) mass is 251 g/mol. The van der Waals surface area contributed by atoms with Crippen molar-refractivity contribution in [3.63, 3.8) is 0 Å². The van der Waals surface area contributed by atoms with E-state index in [-0.39, 0.29) is 0 Å². The minimum absolute atomic E-state index is 0.309. The van der Waals surface area contributed by atoms with Crippen LogP contribution in [0.15, 0.2) is 23.2 Å². The third-order valence-corrected chi connectivity index (χ3v) is 3.77. The van der Waals surface area contributed by atoms with Gasteiger partial charge in [-0.2, -0.15) is 0 Å². The van der Waals surface area contributed by atoms with Gasteiger partial charge in [-0.15, -0.1) is 0 Å². The van der Waals surface area contributed by atoms with Gasteiger partial charge in [0.2, 0.25) is 0 Å². The first-order chi connectivity index (χ1) is 8.54. The molecule has 1 aliphatic heterocycles. The van der Waals surface area contributed by atoms with Crippen molar-refractivity contribution in [2.24, 2.45) is 10.7 Å². The number of aliphatic imine (C=N–C) groups is 1. The fourth-order valence-corrected chi connectivity index (χ4v) is 2.70. The van der Waals surface area contributed by atoms with E-state index in [0.29, 0.717) is 24.1 Å². The molecule has 0 radical (unpaired) electrons. The molecule has 3 rings (SSSR count). The van der Waals surface area contributed by atoms with E-state index in [1.54, 1.807) is 6.07 Å². The smallest absolute Gasteiger partial charge is 0.192 e. The Balaban J connectivity index is 2.07. The van der Waals surface area contributed by atoms with Crippen molar-refractivity contribution in [1.82, 2.24) is 4.90 Å². The minimum Gasteiger partial charge on any atom is -0.370 e. The summed E-state index contributed by atoms with van der Waals surface area (Å²) in [5, 5.41) is 0. The summed E-state index contributed by atoms with van der Waals surface area (Å²) in [6, 6.07) is 4.58. The molecule has 0 bridgehead atoms. The molecule has 1 atom stereocenters. The summed E-state index contributed by atoms with van der Waals surface area (Å²) in [5.41, 5.74) is 5.54. The highest BCUT2D eigenvalue weighted by atomic mass is 19.2. The molecule has 1 aromatic rings. The topological polar surface area (TPSA) is 41.6 Å². The number of hydrogen-bond donors (Lipinski definition) is 1. The summed E-state index contributed by atoms with van der Waals surface area (Å²) in [6.45, 7) is 2.24. The van der Waals surface area contributed by atoms with Crippen LogP contribution in [0.2, 0.25) is 0 Å². The van der Waals surface area contributed by atoms with Crippen molar-refractivity contribution in [3.8, 4) is 0 Å². The Morgan fingerprint density at radius 1 is 1.39 bits per heavy atom. The van der Waals surface area contributed by atoms with Gasteiger partial charge in [0.05, 0.1) is 12.1 Å². The Labute approximate surface area is 104 Å². The van der Waals surface area contributed by atoms with E-state index < -0.39 is 17.2 Å². The molecular weight excluding hydrogens is 236 g/mol. The molecule has 1 unspecified atom stereocenters. The van der Waals surface area contributed by atoms with Crippen molar-refractivity contribution in [2.75, 3.05) is 6.54 Å². The molecule has 2 N–H and O–H groups in total. The molecule has 2 aliphatic rings. The van der Waals surface area contributed by atoms with Gasteiger partial charge in [0.1, 0.15) is 0 Å². The van der Waals surface area contributed by atoms with Gasteiger partial charge < -0.3 is 10.6 Å². The first-order valence-corrected chi connectivity index (χ1v) is 6.08. The highest BCUT2D eigenvalue weighted by Crippen LogP contribution is 2.42. The summed E-state index contributed by atoms with van der Waals surface area (Å²) < 4.78 is 27.4. The molecule has 1 heterocycles. The normalized spacial score (nSPS) is 27.5. The van der Waals surface area contributed by atoms with Crippen LogP contribution in [0, 0.1) is 11.6 Å². The van der Waals surface area contributed by atoms with Crippen molar-refractivity contribution in [1.29, 1.82) is 0 Å². The number of nitrogens with two attached hydrogens (primary N) is 1. The maximum absolute atomic E-state index is 14.0. The number of benzene rings is 1. The molecule has 1 aromatic carbocycles. The van der Waals surface area contributed by atoms with Crippen LogP contribution in [0.4, 0.5) is 8.78 Å². The molecule has 1 aliphatic carbocycles. The third-order valence-electron chi connectivity index (χ3n) is 3.77. The zero-order valence-electron chi connectivity index (χ0n) is 10.2. The Morgan fingerprint density at radius 2 is 2.11 bits per heavy atom. The summed E-state index contributed by atoms with van der Waals surface area (Å²) in [7, 11) is 0. The van der Waals surface area contributed by atoms with E-state index in [0.717, 1.165) is 18.9 Å². The molecule has 96 valence electrons. The average molecular weight is 251 g/mol. The van der Waals surface area contributed by atoms with E-state index in [1.807, 2.05) is 11.8 Å². The van der Waals surface area contributed by atoms with Crippen LogP contribution in [0.3, 0.4) is 0 Å². The highest BCUT2D eigenvalue weighted by Gasteiger charge is 2.48. The lowest BCUT2D eigenvalue weighted by Crippen LogP contribution is -2.49. The van der Waals surface area contributed by atoms with Gasteiger partial charge in [0.15, 0.2) is 17.6 Å². The van der Waals surface area contributed by atoms with Gasteiger partial charge in [-0.25, -0.2) is 8.78 Å². The van der Waals surface area contributed by atoms with Crippen LogP contribution < -0.4 is 5.73 Å². The van der Waals surface area contributed by atoms with E-state index >= 15 is 0 Å². The molecule has 1 fully saturated rings. The van der Waals surface area contributed by atoms with Gasteiger partial charge >= 0.3 is 0 Å². The lowest BCUT2D eigenvalue weighted by Gasteiger charge is -2.37. The number of nitrogens with zero attached hydrogens (tertiary/aromatic N) is 2. The summed E-state index contributed by atoms with van der Waals surface area (Å²) in [5.74, 6) is -1.19. The van der Waals surface area contributed by atoms with Crippen molar-refractivity contribution in [3.05, 3.63) is 35.4 Å². The van der Waals surface area contributed by atoms with Crippen LogP contribution in [0.1, 0.15) is 25.3 Å². The fraction of sp³-hybridized carbons (Fsp3) is 0.462. The molecular formula is C13H15F2N3. The summed E-state index contributed by atoms with van der Waals surface area (Å²) in [4.78, 5) is 6.15. The molecule has 0 saturated heterocycles. The van der Waals surface area contributed by atoms with Gasteiger partial charge in [-0.1, -0.05) is 12.1 Å².